The first-order valence-electron chi connectivity index (χ1n) is 9.94. The number of nitro benzene ring substituents is 1. The van der Waals surface area contributed by atoms with E-state index < -0.39 is 22.7 Å². The molecule has 2 N–H and O–H groups in total. The summed E-state index contributed by atoms with van der Waals surface area (Å²) >= 11 is 0.941. The predicted octanol–water partition coefficient (Wildman–Crippen LogP) is 4.19. The van der Waals surface area contributed by atoms with Crippen LogP contribution in [0.3, 0.4) is 0 Å². The number of nitrogens with zero attached hydrogens (tertiary/aromatic N) is 1. The van der Waals surface area contributed by atoms with Crippen LogP contribution in [0.2, 0.25) is 0 Å². The molecule has 0 aliphatic carbocycles. The summed E-state index contributed by atoms with van der Waals surface area (Å²) in [5, 5.41) is 16.4. The van der Waals surface area contributed by atoms with E-state index in [2.05, 4.69) is 10.6 Å². The topological polar surface area (TPSA) is 137 Å². The van der Waals surface area contributed by atoms with E-state index in [1.807, 2.05) is 0 Å². The number of benzene rings is 2. The minimum atomic E-state index is -0.698. The first-order chi connectivity index (χ1) is 16.2. The summed E-state index contributed by atoms with van der Waals surface area (Å²) in [6, 6.07) is 12.4. The molecule has 0 saturated heterocycles. The Labute approximate surface area is 198 Å². The molecule has 0 aliphatic heterocycles. The molecule has 1 heterocycles. The van der Waals surface area contributed by atoms with Crippen LogP contribution < -0.4 is 15.4 Å². The molecule has 0 bridgehead atoms. The second-order valence-corrected chi connectivity index (χ2v) is 8.08. The van der Waals surface area contributed by atoms with Crippen molar-refractivity contribution in [1.82, 2.24) is 0 Å². The van der Waals surface area contributed by atoms with Crippen LogP contribution in [0.25, 0.3) is 0 Å². The average Bonchev–Trinajstić information content (AvgIpc) is 3.14. The number of hydrogen-bond acceptors (Lipinski definition) is 8. The number of anilines is 2. The molecule has 2 aromatic carbocycles. The maximum absolute atomic E-state index is 13.0. The largest absolute Gasteiger partial charge is 0.495 e. The number of non-ortho nitro benzene ring substituents is 1. The van der Waals surface area contributed by atoms with Crippen LogP contribution in [0, 0.1) is 17.0 Å². The molecule has 11 heteroatoms. The lowest BCUT2D eigenvalue weighted by atomic mass is 10.1. The fraction of sp³-hybridized carbons (Fsp3) is 0.174. The minimum Gasteiger partial charge on any atom is -0.495 e. The highest BCUT2D eigenvalue weighted by Crippen LogP contribution is 2.35. The Morgan fingerprint density at radius 1 is 1.03 bits per heavy atom. The van der Waals surface area contributed by atoms with Gasteiger partial charge >= 0.3 is 5.97 Å². The molecule has 0 unspecified atom stereocenters. The van der Waals surface area contributed by atoms with E-state index in [1.54, 1.807) is 31.2 Å². The van der Waals surface area contributed by atoms with Gasteiger partial charge in [-0.05, 0) is 30.2 Å². The molecule has 0 aliphatic rings. The third-order valence-electron chi connectivity index (χ3n) is 4.86. The molecule has 34 heavy (non-hydrogen) atoms. The third kappa shape index (κ3) is 5.38. The summed E-state index contributed by atoms with van der Waals surface area (Å²) < 4.78 is 10.1. The number of para-hydroxylation sites is 2. The Kier molecular flexibility index (Phi) is 7.59. The maximum Gasteiger partial charge on any atom is 0.341 e. The Morgan fingerprint density at radius 2 is 1.71 bits per heavy atom. The summed E-state index contributed by atoms with van der Waals surface area (Å²) in [5.41, 5.74) is 1.35. The van der Waals surface area contributed by atoms with E-state index in [-0.39, 0.29) is 27.5 Å². The van der Waals surface area contributed by atoms with Crippen LogP contribution in [0.4, 0.5) is 16.4 Å². The van der Waals surface area contributed by atoms with Gasteiger partial charge in [0.15, 0.2) is 0 Å². The molecular weight excluding hydrogens is 462 g/mol. The zero-order valence-corrected chi connectivity index (χ0v) is 19.4. The second-order valence-electron chi connectivity index (χ2n) is 7.05. The van der Waals surface area contributed by atoms with Crippen LogP contribution in [0.5, 0.6) is 5.75 Å². The number of carbonyl (C=O) groups excluding carboxylic acids is 3. The number of rotatable bonds is 8. The molecule has 0 atom stereocenters. The molecule has 0 saturated carbocycles. The molecule has 176 valence electrons. The third-order valence-corrected chi connectivity index (χ3v) is 6.07. The first-order valence-corrected chi connectivity index (χ1v) is 10.8. The molecular formula is C23H21N3O7S. The van der Waals surface area contributed by atoms with Crippen LogP contribution >= 0.6 is 11.3 Å². The second kappa shape index (κ2) is 10.6. The fourth-order valence-corrected chi connectivity index (χ4v) is 4.29. The van der Waals surface area contributed by atoms with Gasteiger partial charge in [-0.2, -0.15) is 0 Å². The van der Waals surface area contributed by atoms with Gasteiger partial charge in [0.2, 0.25) is 5.91 Å². The zero-order valence-electron chi connectivity index (χ0n) is 18.5. The van der Waals surface area contributed by atoms with Crippen molar-refractivity contribution in [2.45, 2.75) is 13.3 Å². The highest BCUT2D eigenvalue weighted by Gasteiger charge is 2.27. The number of carbonyl (C=O) groups is 3. The van der Waals surface area contributed by atoms with Crippen molar-refractivity contribution in [3.63, 3.8) is 0 Å². The van der Waals surface area contributed by atoms with Crippen molar-refractivity contribution < 1.29 is 28.8 Å². The van der Waals surface area contributed by atoms with E-state index in [0.717, 1.165) is 11.3 Å². The molecule has 1 aromatic heterocycles. The molecule has 2 amide bonds. The maximum atomic E-state index is 13.0. The Morgan fingerprint density at radius 3 is 2.32 bits per heavy atom. The molecule has 0 radical (unpaired) electrons. The van der Waals surface area contributed by atoms with Gasteiger partial charge < -0.3 is 20.1 Å². The average molecular weight is 484 g/mol. The monoisotopic (exact) mass is 483 g/mol. The number of esters is 1. The number of hydrogen-bond donors (Lipinski definition) is 2. The smallest absolute Gasteiger partial charge is 0.341 e. The van der Waals surface area contributed by atoms with E-state index >= 15 is 0 Å². The van der Waals surface area contributed by atoms with Crippen LogP contribution in [0.15, 0.2) is 48.5 Å². The number of nitrogens with one attached hydrogen (secondary N) is 2. The number of ether oxygens (including phenoxy) is 2. The number of thiophene rings is 1. The Balaban J connectivity index is 1.84. The Hall–Kier alpha value is -4.25. The van der Waals surface area contributed by atoms with Gasteiger partial charge in [0.1, 0.15) is 10.8 Å². The molecule has 0 fully saturated rings. The van der Waals surface area contributed by atoms with Crippen LogP contribution in [0.1, 0.15) is 31.2 Å². The summed E-state index contributed by atoms with van der Waals surface area (Å²) in [4.78, 5) is 48.5. The van der Waals surface area contributed by atoms with E-state index in [0.29, 0.717) is 22.6 Å². The van der Waals surface area contributed by atoms with Crippen molar-refractivity contribution in [2.75, 3.05) is 24.9 Å². The molecule has 3 aromatic rings. The number of methoxy groups -OCH3 is 2. The zero-order chi connectivity index (χ0) is 24.8. The number of nitro groups is 1. The van der Waals surface area contributed by atoms with E-state index in [1.165, 1.54) is 38.5 Å². The first kappa shape index (κ1) is 24.4. The lowest BCUT2D eigenvalue weighted by Crippen LogP contribution is -2.16. The van der Waals surface area contributed by atoms with Crippen molar-refractivity contribution in [2.24, 2.45) is 0 Å². The fourth-order valence-electron chi connectivity index (χ4n) is 3.18. The van der Waals surface area contributed by atoms with Gasteiger partial charge in [-0.1, -0.05) is 24.3 Å². The lowest BCUT2D eigenvalue weighted by molar-refractivity contribution is -0.384. The van der Waals surface area contributed by atoms with Gasteiger partial charge in [-0.3, -0.25) is 19.7 Å². The van der Waals surface area contributed by atoms with Gasteiger partial charge in [0.25, 0.3) is 11.6 Å². The standard InChI is InChI=1S/C23H21N3O7S/c1-13-19(23(29)33-3)22(25-18(27)12-14-8-10-15(11-9-14)26(30)31)34-20(13)21(28)24-16-6-4-5-7-17(16)32-2/h4-11H,12H2,1-3H3,(H,24,28)(H,25,27). The van der Waals surface area contributed by atoms with Crippen LogP contribution in [-0.4, -0.2) is 36.9 Å². The Bertz CT molecular complexity index is 1250. The minimum absolute atomic E-state index is 0.0785. The van der Waals surface area contributed by atoms with Crippen molar-refractivity contribution in [3.8, 4) is 5.75 Å². The normalized spacial score (nSPS) is 10.3. The van der Waals surface area contributed by atoms with Crippen LogP contribution in [-0.2, 0) is 16.0 Å². The molecule has 0 spiro atoms. The summed E-state index contributed by atoms with van der Waals surface area (Å²) in [5.74, 6) is -1.17. The van der Waals surface area contributed by atoms with Gasteiger partial charge in [0, 0.05) is 12.1 Å². The van der Waals surface area contributed by atoms with Crippen molar-refractivity contribution in [3.05, 3.63) is 80.2 Å². The SMILES string of the molecule is COC(=O)c1c(NC(=O)Cc2ccc([N+](=O)[O-])cc2)sc(C(=O)Nc2ccccc2OC)c1C. The lowest BCUT2D eigenvalue weighted by Gasteiger charge is -2.09. The van der Waals surface area contributed by atoms with Gasteiger partial charge in [0.05, 0.1) is 41.7 Å². The summed E-state index contributed by atoms with van der Waals surface area (Å²) in [7, 11) is 2.69. The summed E-state index contributed by atoms with van der Waals surface area (Å²) in [6.45, 7) is 1.59. The van der Waals surface area contributed by atoms with E-state index in [4.69, 9.17) is 9.47 Å². The quantitative estimate of drug-likeness (QED) is 0.278. The number of amides is 2. The highest BCUT2D eigenvalue weighted by atomic mass is 32.1. The van der Waals surface area contributed by atoms with Crippen molar-refractivity contribution in [1.29, 1.82) is 0 Å². The molecule has 10 nitrogen and oxygen atoms in total. The van der Waals surface area contributed by atoms with Gasteiger partial charge in [-0.15, -0.1) is 11.3 Å². The van der Waals surface area contributed by atoms with E-state index in [9.17, 15) is 24.5 Å². The highest BCUT2D eigenvalue weighted by molar-refractivity contribution is 7.19. The molecule has 3 rings (SSSR count). The predicted molar refractivity (Wildman–Crippen MR) is 127 cm³/mol. The summed E-state index contributed by atoms with van der Waals surface area (Å²) in [6.07, 6.45) is -0.0850. The van der Waals surface area contributed by atoms with Gasteiger partial charge in [-0.25, -0.2) is 4.79 Å². The van der Waals surface area contributed by atoms with Crippen molar-refractivity contribution >= 4 is 45.5 Å².